The van der Waals surface area contributed by atoms with Gasteiger partial charge in [-0.05, 0) is 12.1 Å². The van der Waals surface area contributed by atoms with E-state index in [1.165, 1.54) is 0 Å². The summed E-state index contributed by atoms with van der Waals surface area (Å²) in [6.45, 7) is 1.28. The summed E-state index contributed by atoms with van der Waals surface area (Å²) in [6.07, 6.45) is 4.40. The van der Waals surface area contributed by atoms with Crippen molar-refractivity contribution in [2.75, 3.05) is 18.9 Å². The first-order chi connectivity index (χ1) is 10.3. The van der Waals surface area contributed by atoms with Crippen molar-refractivity contribution in [1.82, 2.24) is 24.8 Å². The average molecular weight is 286 g/mol. The normalized spacial score (nSPS) is 18.4. The Morgan fingerprint density at radius 1 is 1.43 bits per heavy atom. The lowest BCUT2D eigenvalue weighted by Gasteiger charge is -2.15. The Morgan fingerprint density at radius 2 is 2.38 bits per heavy atom. The molecule has 0 amide bonds. The van der Waals surface area contributed by atoms with E-state index in [1.54, 1.807) is 16.9 Å². The van der Waals surface area contributed by atoms with Crippen molar-refractivity contribution in [1.29, 1.82) is 0 Å². The van der Waals surface area contributed by atoms with Gasteiger partial charge in [0.2, 0.25) is 11.8 Å². The monoisotopic (exact) mass is 286 g/mol. The van der Waals surface area contributed by atoms with Crippen LogP contribution < -0.4 is 10.5 Å². The first-order valence-electron chi connectivity index (χ1n) is 6.70. The molecule has 8 nitrogen and oxygen atoms in total. The van der Waals surface area contributed by atoms with Crippen molar-refractivity contribution in [3.05, 3.63) is 24.5 Å². The zero-order valence-corrected chi connectivity index (χ0v) is 11.2. The minimum absolute atomic E-state index is 0.00618. The summed E-state index contributed by atoms with van der Waals surface area (Å²) in [5.41, 5.74) is 8.14. The third-order valence-electron chi connectivity index (χ3n) is 3.45. The number of nitrogens with one attached hydrogen (secondary N) is 1. The predicted molar refractivity (Wildman–Crippen MR) is 74.8 cm³/mol. The number of H-pyrrole nitrogens is 1. The lowest BCUT2D eigenvalue weighted by atomic mass is 10.1. The Balaban J connectivity index is 1.87. The number of fused-ring (bicyclic) bond motifs is 1. The highest BCUT2D eigenvalue weighted by Gasteiger charge is 2.22. The lowest BCUT2D eigenvalue weighted by molar-refractivity contribution is 0.136. The molecule has 0 spiro atoms. The van der Waals surface area contributed by atoms with E-state index in [-0.39, 0.29) is 12.1 Å². The second-order valence-electron chi connectivity index (χ2n) is 4.88. The number of pyridine rings is 1. The molecule has 3 aromatic heterocycles. The van der Waals surface area contributed by atoms with Crippen LogP contribution in [-0.2, 0) is 4.74 Å². The van der Waals surface area contributed by atoms with Crippen LogP contribution in [0.15, 0.2) is 24.5 Å². The SMILES string of the molecule is Nc1nc2ccc(-c3cn[nH]c3)c(O[C@H]3CCOC3)n2n1. The van der Waals surface area contributed by atoms with Gasteiger partial charge >= 0.3 is 0 Å². The molecule has 1 saturated heterocycles. The number of nitrogens with two attached hydrogens (primary N) is 1. The van der Waals surface area contributed by atoms with Crippen LogP contribution in [-0.4, -0.2) is 44.1 Å². The van der Waals surface area contributed by atoms with Crippen LogP contribution in [0.1, 0.15) is 6.42 Å². The van der Waals surface area contributed by atoms with Crippen molar-refractivity contribution in [2.24, 2.45) is 0 Å². The van der Waals surface area contributed by atoms with E-state index in [9.17, 15) is 0 Å². The van der Waals surface area contributed by atoms with Gasteiger partial charge in [0.25, 0.3) is 0 Å². The number of rotatable bonds is 3. The molecule has 0 aliphatic carbocycles. The molecule has 8 heteroatoms. The second kappa shape index (κ2) is 4.74. The van der Waals surface area contributed by atoms with Gasteiger partial charge in [0, 0.05) is 23.7 Å². The van der Waals surface area contributed by atoms with Crippen LogP contribution >= 0.6 is 0 Å². The van der Waals surface area contributed by atoms with E-state index in [2.05, 4.69) is 20.3 Å². The fourth-order valence-corrected chi connectivity index (χ4v) is 2.44. The third-order valence-corrected chi connectivity index (χ3v) is 3.45. The number of anilines is 1. The summed E-state index contributed by atoms with van der Waals surface area (Å²) in [4.78, 5) is 4.17. The largest absolute Gasteiger partial charge is 0.471 e. The number of aromatic nitrogens is 5. The minimum atomic E-state index is 0.00618. The number of ether oxygens (including phenoxy) is 2. The number of nitrogen functional groups attached to an aromatic ring is 1. The summed E-state index contributed by atoms with van der Waals surface area (Å²) < 4.78 is 13.1. The van der Waals surface area contributed by atoms with Gasteiger partial charge in [0.15, 0.2) is 5.65 Å². The van der Waals surface area contributed by atoms with E-state index in [0.717, 1.165) is 17.5 Å². The van der Waals surface area contributed by atoms with Crippen molar-refractivity contribution < 1.29 is 9.47 Å². The summed E-state index contributed by atoms with van der Waals surface area (Å²) in [6, 6.07) is 3.78. The molecular formula is C13H14N6O2. The van der Waals surface area contributed by atoms with Crippen LogP contribution in [0.4, 0.5) is 5.95 Å². The minimum Gasteiger partial charge on any atom is -0.471 e. The van der Waals surface area contributed by atoms with Crippen LogP contribution in [0, 0.1) is 0 Å². The molecular weight excluding hydrogens is 272 g/mol. The Hall–Kier alpha value is -2.61. The Bertz CT molecular complexity index is 760. The lowest BCUT2D eigenvalue weighted by Crippen LogP contribution is -2.18. The molecule has 1 atom stereocenters. The van der Waals surface area contributed by atoms with Gasteiger partial charge in [0.05, 0.1) is 19.4 Å². The molecule has 3 aromatic rings. The molecule has 0 bridgehead atoms. The topological polar surface area (TPSA) is 103 Å². The fourth-order valence-electron chi connectivity index (χ4n) is 2.44. The molecule has 1 aliphatic rings. The molecule has 3 N–H and O–H groups in total. The molecule has 21 heavy (non-hydrogen) atoms. The van der Waals surface area contributed by atoms with Crippen LogP contribution in [0.2, 0.25) is 0 Å². The Labute approximate surface area is 119 Å². The molecule has 0 aromatic carbocycles. The van der Waals surface area contributed by atoms with E-state index in [1.807, 2.05) is 12.1 Å². The zero-order valence-electron chi connectivity index (χ0n) is 11.2. The molecule has 1 aliphatic heterocycles. The summed E-state index contributed by atoms with van der Waals surface area (Å²) >= 11 is 0. The summed E-state index contributed by atoms with van der Waals surface area (Å²) in [5.74, 6) is 0.820. The molecule has 0 unspecified atom stereocenters. The quantitative estimate of drug-likeness (QED) is 0.740. The van der Waals surface area contributed by atoms with Gasteiger partial charge < -0.3 is 15.2 Å². The van der Waals surface area contributed by atoms with Crippen LogP contribution in [0.3, 0.4) is 0 Å². The van der Waals surface area contributed by atoms with Crippen LogP contribution in [0.5, 0.6) is 5.88 Å². The van der Waals surface area contributed by atoms with E-state index < -0.39 is 0 Å². The summed E-state index contributed by atoms with van der Waals surface area (Å²) in [7, 11) is 0. The Morgan fingerprint density at radius 3 is 3.14 bits per heavy atom. The molecule has 0 radical (unpaired) electrons. The smallest absolute Gasteiger partial charge is 0.240 e. The maximum absolute atomic E-state index is 6.10. The van der Waals surface area contributed by atoms with Gasteiger partial charge in [0.1, 0.15) is 6.10 Å². The van der Waals surface area contributed by atoms with E-state index >= 15 is 0 Å². The molecule has 0 saturated carbocycles. The van der Waals surface area contributed by atoms with Crippen molar-refractivity contribution in [2.45, 2.75) is 12.5 Å². The average Bonchev–Trinajstić information content (AvgIpc) is 3.18. The van der Waals surface area contributed by atoms with Gasteiger partial charge in [-0.1, -0.05) is 0 Å². The first-order valence-corrected chi connectivity index (χ1v) is 6.70. The maximum atomic E-state index is 6.10. The predicted octanol–water partition coefficient (Wildman–Crippen LogP) is 0.869. The highest BCUT2D eigenvalue weighted by atomic mass is 16.6. The van der Waals surface area contributed by atoms with Crippen molar-refractivity contribution in [3.63, 3.8) is 0 Å². The molecule has 4 rings (SSSR count). The van der Waals surface area contributed by atoms with Crippen molar-refractivity contribution >= 4 is 11.6 Å². The summed E-state index contributed by atoms with van der Waals surface area (Å²) in [5, 5.41) is 11.0. The zero-order chi connectivity index (χ0) is 14.2. The number of hydrogen-bond donors (Lipinski definition) is 2. The van der Waals surface area contributed by atoms with Gasteiger partial charge in [-0.25, -0.2) is 0 Å². The fraction of sp³-hybridized carbons (Fsp3) is 0.308. The standard InChI is InChI=1S/C13H14N6O2/c14-13-17-11-2-1-10(8-5-15-16-6-8)12(19(11)18-13)21-9-3-4-20-7-9/h1-2,5-6,9H,3-4,7H2,(H2,14,18)(H,15,16)/t9-/m0/s1. The number of hydrogen-bond acceptors (Lipinski definition) is 6. The number of nitrogens with zero attached hydrogens (tertiary/aromatic N) is 4. The molecule has 108 valence electrons. The van der Waals surface area contributed by atoms with E-state index in [4.69, 9.17) is 15.2 Å². The van der Waals surface area contributed by atoms with Gasteiger partial charge in [-0.2, -0.15) is 14.6 Å². The van der Waals surface area contributed by atoms with Gasteiger partial charge in [-0.3, -0.25) is 5.10 Å². The highest BCUT2D eigenvalue weighted by Crippen LogP contribution is 2.31. The molecule has 1 fully saturated rings. The van der Waals surface area contributed by atoms with Gasteiger partial charge in [-0.15, -0.1) is 5.10 Å². The van der Waals surface area contributed by atoms with E-state index in [0.29, 0.717) is 24.7 Å². The second-order valence-corrected chi connectivity index (χ2v) is 4.88. The first kappa shape index (κ1) is 12.2. The maximum Gasteiger partial charge on any atom is 0.240 e. The third kappa shape index (κ3) is 2.09. The van der Waals surface area contributed by atoms with Crippen LogP contribution in [0.25, 0.3) is 16.8 Å². The number of aromatic amines is 1. The highest BCUT2D eigenvalue weighted by molar-refractivity contribution is 5.70. The molecule has 4 heterocycles. The van der Waals surface area contributed by atoms with Crippen molar-refractivity contribution in [3.8, 4) is 17.0 Å². The Kier molecular flexibility index (Phi) is 2.74.